The zero-order valence-corrected chi connectivity index (χ0v) is 9.53. The molecule has 1 aromatic heterocycles. The molecule has 0 aliphatic heterocycles. The van der Waals surface area contributed by atoms with E-state index in [0.29, 0.717) is 17.1 Å². The Bertz CT molecular complexity index is 583. The van der Waals surface area contributed by atoms with Gasteiger partial charge in [-0.3, -0.25) is 10.1 Å². The Morgan fingerprint density at radius 1 is 1.28 bits per heavy atom. The van der Waals surface area contributed by atoms with Crippen molar-refractivity contribution >= 4 is 11.5 Å². The van der Waals surface area contributed by atoms with E-state index in [1.54, 1.807) is 25.1 Å². The van der Waals surface area contributed by atoms with Gasteiger partial charge in [-0.1, -0.05) is 0 Å². The second-order valence-electron chi connectivity index (χ2n) is 3.60. The number of hydrogen-bond donors (Lipinski definition) is 1. The minimum Gasteiger partial charge on any atom is -0.438 e. The highest BCUT2D eigenvalue weighted by Crippen LogP contribution is 2.25. The van der Waals surface area contributed by atoms with Gasteiger partial charge < -0.3 is 10.5 Å². The van der Waals surface area contributed by atoms with Gasteiger partial charge >= 0.3 is 0 Å². The number of hydrogen-bond acceptors (Lipinski definition) is 6. The van der Waals surface area contributed by atoms with E-state index < -0.39 is 4.92 Å². The number of ether oxygens (including phenoxy) is 1. The summed E-state index contributed by atoms with van der Waals surface area (Å²) in [5, 5.41) is 18.0. The van der Waals surface area contributed by atoms with E-state index in [-0.39, 0.29) is 11.6 Å². The maximum absolute atomic E-state index is 10.7. The van der Waals surface area contributed by atoms with Crippen molar-refractivity contribution in [2.24, 2.45) is 0 Å². The molecule has 1 heterocycles. The first kappa shape index (κ1) is 11.8. The number of aromatic nitrogens is 2. The van der Waals surface area contributed by atoms with Gasteiger partial charge in [0, 0.05) is 17.7 Å². The van der Waals surface area contributed by atoms with E-state index in [9.17, 15) is 10.1 Å². The van der Waals surface area contributed by atoms with Crippen LogP contribution >= 0.6 is 0 Å². The van der Waals surface area contributed by atoms with Crippen molar-refractivity contribution in [3.63, 3.8) is 0 Å². The van der Waals surface area contributed by atoms with Gasteiger partial charge in [-0.05, 0) is 25.1 Å². The Labute approximate surface area is 102 Å². The van der Waals surface area contributed by atoms with Crippen LogP contribution in [-0.4, -0.2) is 15.1 Å². The second-order valence-corrected chi connectivity index (χ2v) is 3.60. The molecule has 7 heteroatoms. The van der Waals surface area contributed by atoms with Gasteiger partial charge in [-0.15, -0.1) is 10.2 Å². The molecule has 0 spiro atoms. The molecule has 0 unspecified atom stereocenters. The van der Waals surface area contributed by atoms with Crippen LogP contribution in [0, 0.1) is 17.0 Å². The number of benzene rings is 1. The molecule has 0 aliphatic rings. The lowest BCUT2D eigenvalue weighted by molar-refractivity contribution is -0.385. The second kappa shape index (κ2) is 4.66. The third-order valence-corrected chi connectivity index (χ3v) is 2.25. The molecule has 2 N–H and O–H groups in total. The van der Waals surface area contributed by atoms with Crippen molar-refractivity contribution in [1.82, 2.24) is 10.2 Å². The lowest BCUT2D eigenvalue weighted by Crippen LogP contribution is -1.96. The highest BCUT2D eigenvalue weighted by atomic mass is 16.6. The molecule has 0 radical (unpaired) electrons. The summed E-state index contributed by atoms with van der Waals surface area (Å²) >= 11 is 0. The molecule has 92 valence electrons. The number of rotatable bonds is 3. The number of nitrogens with zero attached hydrogens (tertiary/aromatic N) is 3. The van der Waals surface area contributed by atoms with E-state index in [1.165, 1.54) is 12.1 Å². The van der Waals surface area contributed by atoms with Crippen molar-refractivity contribution in [2.75, 3.05) is 5.73 Å². The van der Waals surface area contributed by atoms with E-state index in [0.717, 1.165) is 0 Å². The van der Waals surface area contributed by atoms with Crippen molar-refractivity contribution in [3.05, 3.63) is 46.0 Å². The van der Waals surface area contributed by atoms with Crippen LogP contribution in [0.4, 0.5) is 11.5 Å². The maximum Gasteiger partial charge on any atom is 0.272 e. The van der Waals surface area contributed by atoms with Gasteiger partial charge in [0.15, 0.2) is 0 Å². The summed E-state index contributed by atoms with van der Waals surface area (Å²) < 4.78 is 5.40. The quantitative estimate of drug-likeness (QED) is 0.656. The summed E-state index contributed by atoms with van der Waals surface area (Å²) in [4.78, 5) is 10.2. The van der Waals surface area contributed by atoms with Crippen LogP contribution in [0.15, 0.2) is 30.3 Å². The summed E-state index contributed by atoms with van der Waals surface area (Å²) in [5.41, 5.74) is 5.95. The van der Waals surface area contributed by atoms with Gasteiger partial charge in [-0.2, -0.15) is 0 Å². The van der Waals surface area contributed by atoms with Gasteiger partial charge in [0.05, 0.1) is 4.92 Å². The lowest BCUT2D eigenvalue weighted by Gasteiger charge is -2.05. The topological polar surface area (TPSA) is 104 Å². The highest BCUT2D eigenvalue weighted by molar-refractivity contribution is 5.45. The standard InChI is InChI=1S/C11H10N4O3/c1-7-6-8(2-3-9(7)15(16)17)18-11-5-4-10(12)13-14-11/h2-6H,1H3,(H2,12,13). The summed E-state index contributed by atoms with van der Waals surface area (Å²) in [6, 6.07) is 7.58. The van der Waals surface area contributed by atoms with E-state index in [4.69, 9.17) is 10.5 Å². The van der Waals surface area contributed by atoms with Gasteiger partial charge in [0.1, 0.15) is 11.6 Å². The third-order valence-electron chi connectivity index (χ3n) is 2.25. The fourth-order valence-electron chi connectivity index (χ4n) is 1.40. The van der Waals surface area contributed by atoms with Gasteiger partial charge in [-0.25, -0.2) is 0 Å². The van der Waals surface area contributed by atoms with Crippen LogP contribution in [0.5, 0.6) is 11.6 Å². The minimum absolute atomic E-state index is 0.0470. The van der Waals surface area contributed by atoms with Crippen LogP contribution in [0.3, 0.4) is 0 Å². The molecule has 2 rings (SSSR count). The van der Waals surface area contributed by atoms with Crippen LogP contribution < -0.4 is 10.5 Å². The number of nitro benzene ring substituents is 1. The zero-order chi connectivity index (χ0) is 13.1. The molecule has 0 atom stereocenters. The van der Waals surface area contributed by atoms with Crippen molar-refractivity contribution in [1.29, 1.82) is 0 Å². The fourth-order valence-corrected chi connectivity index (χ4v) is 1.40. The summed E-state index contributed by atoms with van der Waals surface area (Å²) in [5.74, 6) is 1.02. The Morgan fingerprint density at radius 3 is 2.61 bits per heavy atom. The highest BCUT2D eigenvalue weighted by Gasteiger charge is 2.11. The molecule has 0 fully saturated rings. The third kappa shape index (κ3) is 2.51. The van der Waals surface area contributed by atoms with Crippen LogP contribution in [-0.2, 0) is 0 Å². The lowest BCUT2D eigenvalue weighted by atomic mass is 10.2. The van der Waals surface area contributed by atoms with Gasteiger partial charge in [0.25, 0.3) is 5.69 Å². The SMILES string of the molecule is Cc1cc(Oc2ccc(N)nn2)ccc1[N+](=O)[O-]. The first-order valence-corrected chi connectivity index (χ1v) is 5.08. The summed E-state index contributed by atoms with van der Waals surface area (Å²) in [6.07, 6.45) is 0. The number of nitrogen functional groups attached to an aromatic ring is 1. The Hall–Kier alpha value is -2.70. The van der Waals surface area contributed by atoms with Crippen LogP contribution in [0.2, 0.25) is 0 Å². The predicted octanol–water partition coefficient (Wildman–Crippen LogP) is 2.07. The average Bonchev–Trinajstić information content (AvgIpc) is 2.32. The molecule has 0 saturated carbocycles. The first-order chi connectivity index (χ1) is 8.56. The number of nitro groups is 1. The van der Waals surface area contributed by atoms with Crippen molar-refractivity contribution in [3.8, 4) is 11.6 Å². The fraction of sp³-hybridized carbons (Fsp3) is 0.0909. The molecule has 0 saturated heterocycles. The van der Waals surface area contributed by atoms with Crippen LogP contribution in [0.25, 0.3) is 0 Å². The minimum atomic E-state index is -0.442. The Kier molecular flexibility index (Phi) is 3.05. The number of nitrogens with two attached hydrogens (primary N) is 1. The van der Waals surface area contributed by atoms with Crippen LogP contribution in [0.1, 0.15) is 5.56 Å². The molecule has 1 aromatic carbocycles. The first-order valence-electron chi connectivity index (χ1n) is 5.08. The van der Waals surface area contributed by atoms with E-state index >= 15 is 0 Å². The average molecular weight is 246 g/mol. The normalized spacial score (nSPS) is 10.1. The van der Waals surface area contributed by atoms with E-state index in [1.807, 2.05) is 0 Å². The molecule has 18 heavy (non-hydrogen) atoms. The molecule has 2 aromatic rings. The Morgan fingerprint density at radius 2 is 2.06 bits per heavy atom. The smallest absolute Gasteiger partial charge is 0.272 e. The number of anilines is 1. The number of aryl methyl sites for hydroxylation is 1. The molecular formula is C11H10N4O3. The van der Waals surface area contributed by atoms with Gasteiger partial charge in [0.2, 0.25) is 5.88 Å². The largest absolute Gasteiger partial charge is 0.438 e. The molecule has 7 nitrogen and oxygen atoms in total. The zero-order valence-electron chi connectivity index (χ0n) is 9.53. The monoisotopic (exact) mass is 246 g/mol. The molecular weight excluding hydrogens is 236 g/mol. The maximum atomic E-state index is 10.7. The Balaban J connectivity index is 2.22. The molecule has 0 aliphatic carbocycles. The molecule has 0 amide bonds. The van der Waals surface area contributed by atoms with Crippen molar-refractivity contribution in [2.45, 2.75) is 6.92 Å². The summed E-state index contributed by atoms with van der Waals surface area (Å²) in [7, 11) is 0. The summed E-state index contributed by atoms with van der Waals surface area (Å²) in [6.45, 7) is 1.64. The molecule has 0 bridgehead atoms. The van der Waals surface area contributed by atoms with Crippen molar-refractivity contribution < 1.29 is 9.66 Å². The van der Waals surface area contributed by atoms with E-state index in [2.05, 4.69) is 10.2 Å². The predicted molar refractivity (Wildman–Crippen MR) is 64.4 cm³/mol.